The van der Waals surface area contributed by atoms with E-state index in [1.165, 1.54) is 5.56 Å². The Morgan fingerprint density at radius 1 is 1.38 bits per heavy atom. The van der Waals surface area contributed by atoms with Gasteiger partial charge in [-0.05, 0) is 30.7 Å². The van der Waals surface area contributed by atoms with Crippen LogP contribution in [0.2, 0.25) is 0 Å². The highest BCUT2D eigenvalue weighted by molar-refractivity contribution is 5.94. The molecule has 0 bridgehead atoms. The number of aliphatic imine (C=N–C) groups is 1. The van der Waals surface area contributed by atoms with Crippen LogP contribution in [0.4, 0.5) is 5.69 Å². The first-order valence-electron chi connectivity index (χ1n) is 5.61. The highest BCUT2D eigenvalue weighted by Crippen LogP contribution is 2.11. The van der Waals surface area contributed by atoms with Crippen LogP contribution in [0, 0.1) is 0 Å². The molecule has 1 aliphatic heterocycles. The molecule has 2 rings (SSSR count). The van der Waals surface area contributed by atoms with Crippen LogP contribution in [0.1, 0.15) is 5.56 Å². The molecular formula is C12H18N4. The smallest absolute Gasteiger partial charge is 0.198 e. The van der Waals surface area contributed by atoms with Crippen LogP contribution in [0.5, 0.6) is 0 Å². The van der Waals surface area contributed by atoms with Crippen molar-refractivity contribution in [2.45, 2.75) is 6.42 Å². The van der Waals surface area contributed by atoms with E-state index in [1.807, 2.05) is 7.05 Å². The van der Waals surface area contributed by atoms with E-state index < -0.39 is 0 Å². The lowest BCUT2D eigenvalue weighted by Crippen LogP contribution is -2.29. The zero-order valence-electron chi connectivity index (χ0n) is 9.61. The summed E-state index contributed by atoms with van der Waals surface area (Å²) in [4.78, 5) is 6.50. The van der Waals surface area contributed by atoms with E-state index in [0.717, 1.165) is 31.2 Å². The number of rotatable bonds is 3. The summed E-state index contributed by atoms with van der Waals surface area (Å²) in [6.45, 7) is 2.57. The van der Waals surface area contributed by atoms with Crippen molar-refractivity contribution in [2.75, 3.05) is 32.0 Å². The molecular weight excluding hydrogens is 200 g/mol. The van der Waals surface area contributed by atoms with Crippen LogP contribution in [0.25, 0.3) is 0 Å². The lowest BCUT2D eigenvalue weighted by Gasteiger charge is -2.15. The van der Waals surface area contributed by atoms with Crippen molar-refractivity contribution in [3.05, 3.63) is 29.8 Å². The minimum Gasteiger partial charge on any atom is -0.344 e. The van der Waals surface area contributed by atoms with Crippen molar-refractivity contribution >= 4 is 11.6 Å². The zero-order valence-corrected chi connectivity index (χ0v) is 9.61. The summed E-state index contributed by atoms with van der Waals surface area (Å²) in [5.41, 5.74) is 7.86. The lowest BCUT2D eigenvalue weighted by molar-refractivity contribution is 0.555. The van der Waals surface area contributed by atoms with Crippen molar-refractivity contribution in [2.24, 2.45) is 10.7 Å². The average Bonchev–Trinajstić information content (AvgIpc) is 2.68. The zero-order chi connectivity index (χ0) is 11.4. The summed E-state index contributed by atoms with van der Waals surface area (Å²) in [7, 11) is 2.04. The fourth-order valence-corrected chi connectivity index (χ4v) is 1.72. The maximum atomic E-state index is 5.51. The van der Waals surface area contributed by atoms with Gasteiger partial charge in [-0.15, -0.1) is 0 Å². The first kappa shape index (κ1) is 11.0. The molecule has 1 heterocycles. The Morgan fingerprint density at radius 3 is 2.69 bits per heavy atom. The Bertz CT molecular complexity index is 369. The van der Waals surface area contributed by atoms with Gasteiger partial charge in [-0.25, -0.2) is 0 Å². The van der Waals surface area contributed by atoms with Crippen molar-refractivity contribution in [1.82, 2.24) is 4.90 Å². The number of nitrogens with one attached hydrogen (secondary N) is 1. The Kier molecular flexibility index (Phi) is 3.41. The van der Waals surface area contributed by atoms with Crippen LogP contribution < -0.4 is 11.1 Å². The second kappa shape index (κ2) is 4.99. The van der Waals surface area contributed by atoms with Gasteiger partial charge >= 0.3 is 0 Å². The maximum Gasteiger partial charge on any atom is 0.198 e. The molecule has 0 unspecified atom stereocenters. The number of benzene rings is 1. The molecule has 4 heteroatoms. The Morgan fingerprint density at radius 2 is 2.12 bits per heavy atom. The van der Waals surface area contributed by atoms with Crippen molar-refractivity contribution < 1.29 is 0 Å². The first-order valence-corrected chi connectivity index (χ1v) is 5.61. The van der Waals surface area contributed by atoms with Gasteiger partial charge in [0, 0.05) is 19.3 Å². The molecule has 0 spiro atoms. The molecule has 1 aromatic carbocycles. The molecule has 86 valence electrons. The minimum absolute atomic E-state index is 0.697. The van der Waals surface area contributed by atoms with Crippen LogP contribution in [0.15, 0.2) is 29.3 Å². The molecule has 0 aromatic heterocycles. The van der Waals surface area contributed by atoms with E-state index >= 15 is 0 Å². The Labute approximate surface area is 96.2 Å². The van der Waals surface area contributed by atoms with Crippen molar-refractivity contribution in [1.29, 1.82) is 0 Å². The molecule has 4 nitrogen and oxygen atoms in total. The molecule has 16 heavy (non-hydrogen) atoms. The standard InChI is InChI=1S/C12H18N4/c1-16-9-8-14-12(16)15-11-4-2-10(3-5-11)6-7-13/h2-5H,6-9,13H2,1H3,(H,14,15). The molecule has 0 atom stereocenters. The summed E-state index contributed by atoms with van der Waals surface area (Å²) >= 11 is 0. The van der Waals surface area contributed by atoms with Gasteiger partial charge in [0.1, 0.15) is 0 Å². The van der Waals surface area contributed by atoms with Gasteiger partial charge < -0.3 is 16.0 Å². The van der Waals surface area contributed by atoms with Gasteiger partial charge in [0.2, 0.25) is 0 Å². The fraction of sp³-hybridized carbons (Fsp3) is 0.417. The summed E-state index contributed by atoms with van der Waals surface area (Å²) in [5, 5.41) is 3.30. The van der Waals surface area contributed by atoms with Crippen molar-refractivity contribution in [3.63, 3.8) is 0 Å². The highest BCUT2D eigenvalue weighted by Gasteiger charge is 2.11. The van der Waals surface area contributed by atoms with E-state index in [2.05, 4.69) is 39.5 Å². The van der Waals surface area contributed by atoms with E-state index in [0.29, 0.717) is 6.54 Å². The summed E-state index contributed by atoms with van der Waals surface area (Å²) in [6, 6.07) is 8.34. The second-order valence-electron chi connectivity index (χ2n) is 3.99. The van der Waals surface area contributed by atoms with Crippen LogP contribution >= 0.6 is 0 Å². The minimum atomic E-state index is 0.697. The number of hydrogen-bond donors (Lipinski definition) is 2. The van der Waals surface area contributed by atoms with Gasteiger partial charge in [0.25, 0.3) is 0 Å². The fourth-order valence-electron chi connectivity index (χ4n) is 1.72. The molecule has 1 aromatic rings. The van der Waals surface area contributed by atoms with E-state index in [4.69, 9.17) is 5.73 Å². The third-order valence-corrected chi connectivity index (χ3v) is 2.70. The van der Waals surface area contributed by atoms with E-state index in [-0.39, 0.29) is 0 Å². The third kappa shape index (κ3) is 2.52. The summed E-state index contributed by atoms with van der Waals surface area (Å²) in [6.07, 6.45) is 0.932. The highest BCUT2D eigenvalue weighted by atomic mass is 15.3. The monoisotopic (exact) mass is 218 g/mol. The number of nitrogens with zero attached hydrogens (tertiary/aromatic N) is 2. The van der Waals surface area contributed by atoms with E-state index in [1.54, 1.807) is 0 Å². The Hall–Kier alpha value is -1.55. The second-order valence-corrected chi connectivity index (χ2v) is 3.99. The number of likely N-dealkylation sites (N-methyl/N-ethyl adjacent to an activating group) is 1. The van der Waals surface area contributed by atoms with Gasteiger partial charge in [0.15, 0.2) is 5.96 Å². The van der Waals surface area contributed by atoms with Crippen LogP contribution in [-0.2, 0) is 6.42 Å². The van der Waals surface area contributed by atoms with E-state index in [9.17, 15) is 0 Å². The number of guanidine groups is 1. The largest absolute Gasteiger partial charge is 0.344 e. The summed E-state index contributed by atoms with van der Waals surface area (Å²) < 4.78 is 0. The molecule has 3 N–H and O–H groups in total. The molecule has 0 saturated heterocycles. The van der Waals surface area contributed by atoms with Crippen molar-refractivity contribution in [3.8, 4) is 0 Å². The Balaban J connectivity index is 1.99. The average molecular weight is 218 g/mol. The molecule has 1 aliphatic rings. The first-order chi connectivity index (χ1) is 7.79. The van der Waals surface area contributed by atoms with Gasteiger partial charge in [0.05, 0.1) is 6.54 Å². The summed E-state index contributed by atoms with van der Waals surface area (Å²) in [5.74, 6) is 0.951. The maximum absolute atomic E-state index is 5.51. The SMILES string of the molecule is CN1CCN=C1Nc1ccc(CCN)cc1. The van der Waals surface area contributed by atoms with Gasteiger partial charge in [-0.2, -0.15) is 0 Å². The number of hydrogen-bond acceptors (Lipinski definition) is 4. The molecule has 0 radical (unpaired) electrons. The molecule has 0 amide bonds. The van der Waals surface area contributed by atoms with Gasteiger partial charge in [-0.3, -0.25) is 4.99 Å². The lowest BCUT2D eigenvalue weighted by atomic mass is 10.1. The molecule has 0 saturated carbocycles. The predicted molar refractivity (Wildman–Crippen MR) is 67.8 cm³/mol. The number of nitrogens with two attached hydrogens (primary N) is 1. The quantitative estimate of drug-likeness (QED) is 0.792. The van der Waals surface area contributed by atoms with Crippen LogP contribution in [-0.4, -0.2) is 37.5 Å². The topological polar surface area (TPSA) is 53.6 Å². The van der Waals surface area contributed by atoms with Gasteiger partial charge in [-0.1, -0.05) is 12.1 Å². The third-order valence-electron chi connectivity index (χ3n) is 2.70. The molecule has 0 fully saturated rings. The molecule has 0 aliphatic carbocycles. The normalized spacial score (nSPS) is 15.1. The van der Waals surface area contributed by atoms with Crippen LogP contribution in [0.3, 0.4) is 0 Å². The predicted octanol–water partition coefficient (Wildman–Crippen LogP) is 0.901. The number of anilines is 1.